The summed E-state index contributed by atoms with van der Waals surface area (Å²) in [4.78, 5) is 28.6. The Hall–Kier alpha value is -2.03. The van der Waals surface area contributed by atoms with Gasteiger partial charge in [0.25, 0.3) is 0 Å². The molecule has 0 aromatic rings. The molecule has 1 heterocycles. The van der Waals surface area contributed by atoms with Gasteiger partial charge in [-0.05, 0) is 129 Å². The SMILES string of the molecule is C[C@H](CCC(=O)NC(CCC1(C)N=N1)C(=O)CCN=[N+]=[N-])[C@H]1CC[C@H]2[C@@H]3CC[C@@H]4C[C@H](O)CC[C@]4(C)[C@H]3CC(O)[C@]12C. The van der Waals surface area contributed by atoms with E-state index in [4.69, 9.17) is 5.53 Å². The standard InChI is InChI=1S/C32H52N6O4/c1-19(5-10-29(42)35-26(12-15-31(3)36-37-31)27(40)13-16-34-38-33)23-8-9-24-22-7-6-20-17-21(39)11-14-30(20,2)25(22)18-28(41)32(23,24)4/h19-26,28,39,41H,5-18H2,1-4H3,(H,35,42)/t19-,20-,21-,22+,23-,24+,25+,26?,28?,30+,32-/m1/s1. The second-order valence-electron chi connectivity index (χ2n) is 15.1. The molecular weight excluding hydrogens is 532 g/mol. The molecule has 5 aliphatic rings. The van der Waals surface area contributed by atoms with E-state index in [0.29, 0.717) is 48.9 Å². The molecule has 0 aromatic heterocycles. The molecule has 234 valence electrons. The molecule has 1 amide bonds. The van der Waals surface area contributed by atoms with Gasteiger partial charge in [0, 0.05) is 24.3 Å². The second-order valence-corrected chi connectivity index (χ2v) is 15.1. The molecule has 11 atom stereocenters. The van der Waals surface area contributed by atoms with Crippen LogP contribution in [0.1, 0.15) is 111 Å². The first-order valence-electron chi connectivity index (χ1n) is 16.5. The number of nitrogens with zero attached hydrogens (tertiary/aromatic N) is 5. The number of hydrogen-bond acceptors (Lipinski definition) is 7. The molecule has 2 unspecified atom stereocenters. The van der Waals surface area contributed by atoms with E-state index in [9.17, 15) is 19.8 Å². The smallest absolute Gasteiger partial charge is 0.220 e. The normalized spacial score (nSPS) is 41.0. The van der Waals surface area contributed by atoms with E-state index in [1.165, 1.54) is 12.8 Å². The van der Waals surface area contributed by atoms with Crippen LogP contribution in [0.15, 0.2) is 15.3 Å². The van der Waals surface area contributed by atoms with Crippen LogP contribution in [0.3, 0.4) is 0 Å². The average molecular weight is 585 g/mol. The fraction of sp³-hybridized carbons (Fsp3) is 0.938. The van der Waals surface area contributed by atoms with Gasteiger partial charge in [0.2, 0.25) is 5.91 Å². The van der Waals surface area contributed by atoms with Gasteiger partial charge in [-0.1, -0.05) is 25.9 Å². The van der Waals surface area contributed by atoms with E-state index < -0.39 is 11.7 Å². The first kappa shape index (κ1) is 31.4. The van der Waals surface area contributed by atoms with Crippen molar-refractivity contribution in [3.63, 3.8) is 0 Å². The number of rotatable bonds is 12. The Morgan fingerprint density at radius 3 is 2.50 bits per heavy atom. The summed E-state index contributed by atoms with van der Waals surface area (Å²) in [6, 6.07) is -0.632. The lowest BCUT2D eigenvalue weighted by Crippen LogP contribution is -2.58. The van der Waals surface area contributed by atoms with Crippen molar-refractivity contribution >= 4 is 11.7 Å². The van der Waals surface area contributed by atoms with Crippen molar-refractivity contribution < 1.29 is 19.8 Å². The van der Waals surface area contributed by atoms with Crippen molar-refractivity contribution in [3.8, 4) is 0 Å². The molecule has 5 rings (SSSR count). The minimum atomic E-state index is -0.632. The Morgan fingerprint density at radius 1 is 1.02 bits per heavy atom. The van der Waals surface area contributed by atoms with Crippen LogP contribution in [0, 0.1) is 46.3 Å². The molecular formula is C32H52N6O4. The Kier molecular flexibility index (Phi) is 9.09. The van der Waals surface area contributed by atoms with Gasteiger partial charge >= 0.3 is 0 Å². The fourth-order valence-corrected chi connectivity index (χ4v) is 10.3. The third kappa shape index (κ3) is 6.00. The van der Waals surface area contributed by atoms with Gasteiger partial charge in [0.1, 0.15) is 0 Å². The van der Waals surface area contributed by atoms with Crippen LogP contribution in [-0.4, -0.2) is 52.4 Å². The molecule has 3 N–H and O–H groups in total. The van der Waals surface area contributed by atoms with Crippen molar-refractivity contribution in [3.05, 3.63) is 10.4 Å². The van der Waals surface area contributed by atoms with E-state index in [-0.39, 0.29) is 53.6 Å². The van der Waals surface area contributed by atoms with Gasteiger partial charge in [0.15, 0.2) is 11.4 Å². The average Bonchev–Trinajstić information content (AvgIpc) is 3.58. The summed E-state index contributed by atoms with van der Waals surface area (Å²) in [5.74, 6) is 2.64. The molecule has 4 saturated carbocycles. The number of carbonyl (C=O) groups is 2. The summed E-state index contributed by atoms with van der Waals surface area (Å²) in [6.07, 6.45) is 10.1. The first-order chi connectivity index (χ1) is 19.9. The Bertz CT molecular complexity index is 1100. The van der Waals surface area contributed by atoms with Crippen LogP contribution >= 0.6 is 0 Å². The zero-order valence-corrected chi connectivity index (χ0v) is 26.0. The highest BCUT2D eigenvalue weighted by Crippen LogP contribution is 2.68. The van der Waals surface area contributed by atoms with Crippen LogP contribution in [0.2, 0.25) is 0 Å². The highest BCUT2D eigenvalue weighted by atomic mass is 16.3. The number of fused-ring (bicyclic) bond motifs is 5. The molecule has 4 aliphatic carbocycles. The number of hydrogen-bond donors (Lipinski definition) is 3. The molecule has 10 nitrogen and oxygen atoms in total. The predicted octanol–water partition coefficient (Wildman–Crippen LogP) is 6.11. The highest BCUT2D eigenvalue weighted by molar-refractivity contribution is 5.89. The molecule has 1 aliphatic heterocycles. The van der Waals surface area contributed by atoms with Crippen LogP contribution in [0.25, 0.3) is 10.4 Å². The van der Waals surface area contributed by atoms with E-state index in [2.05, 4.69) is 46.3 Å². The van der Waals surface area contributed by atoms with Crippen molar-refractivity contribution in [1.29, 1.82) is 0 Å². The number of aliphatic hydroxyl groups is 2. The van der Waals surface area contributed by atoms with Crippen LogP contribution in [0.4, 0.5) is 0 Å². The van der Waals surface area contributed by atoms with Gasteiger partial charge < -0.3 is 15.5 Å². The molecule has 0 aromatic carbocycles. The maximum absolute atomic E-state index is 13.1. The molecule has 10 heteroatoms. The zero-order valence-electron chi connectivity index (χ0n) is 26.0. The van der Waals surface area contributed by atoms with E-state index in [0.717, 1.165) is 44.9 Å². The summed E-state index contributed by atoms with van der Waals surface area (Å²) >= 11 is 0. The number of carbonyl (C=O) groups excluding carboxylic acids is 2. The summed E-state index contributed by atoms with van der Waals surface area (Å²) in [7, 11) is 0. The lowest BCUT2D eigenvalue weighted by Gasteiger charge is -2.62. The van der Waals surface area contributed by atoms with Gasteiger partial charge in [0.05, 0.1) is 18.2 Å². The number of aliphatic hydroxyl groups excluding tert-OH is 2. The molecule has 4 fully saturated rings. The lowest BCUT2D eigenvalue weighted by atomic mass is 9.43. The van der Waals surface area contributed by atoms with E-state index in [1.54, 1.807) is 0 Å². The maximum atomic E-state index is 13.1. The van der Waals surface area contributed by atoms with E-state index in [1.807, 2.05) is 6.92 Å². The fourth-order valence-electron chi connectivity index (χ4n) is 10.3. The quantitative estimate of drug-likeness (QED) is 0.143. The highest BCUT2D eigenvalue weighted by Gasteiger charge is 2.63. The minimum absolute atomic E-state index is 0.0815. The topological polar surface area (TPSA) is 160 Å². The summed E-state index contributed by atoms with van der Waals surface area (Å²) in [6.45, 7) is 9.01. The molecule has 0 saturated heterocycles. The van der Waals surface area contributed by atoms with Gasteiger partial charge in [-0.2, -0.15) is 10.2 Å². The van der Waals surface area contributed by atoms with Crippen LogP contribution < -0.4 is 5.32 Å². The second kappa shape index (κ2) is 12.2. The monoisotopic (exact) mass is 584 g/mol. The minimum Gasteiger partial charge on any atom is -0.393 e. The van der Waals surface area contributed by atoms with Crippen LogP contribution in [0.5, 0.6) is 0 Å². The molecule has 0 spiro atoms. The van der Waals surface area contributed by atoms with Crippen molar-refractivity contribution in [1.82, 2.24) is 5.32 Å². The summed E-state index contributed by atoms with van der Waals surface area (Å²) < 4.78 is 0. The summed E-state index contributed by atoms with van der Waals surface area (Å²) in [5.41, 5.74) is 8.18. The van der Waals surface area contributed by atoms with Crippen molar-refractivity contribution in [2.75, 3.05) is 6.54 Å². The zero-order chi connectivity index (χ0) is 30.3. The Balaban J connectivity index is 1.19. The van der Waals surface area contributed by atoms with Gasteiger partial charge in [-0.3, -0.25) is 9.59 Å². The summed E-state index contributed by atoms with van der Waals surface area (Å²) in [5, 5.41) is 36.7. The Labute approximate surface area is 250 Å². The number of ketones is 1. The largest absolute Gasteiger partial charge is 0.393 e. The number of nitrogens with one attached hydrogen (secondary N) is 1. The van der Waals surface area contributed by atoms with Crippen molar-refractivity contribution in [2.24, 2.45) is 61.7 Å². The first-order valence-corrected chi connectivity index (χ1v) is 16.5. The van der Waals surface area contributed by atoms with Gasteiger partial charge in [-0.15, -0.1) is 0 Å². The third-order valence-corrected chi connectivity index (χ3v) is 12.9. The maximum Gasteiger partial charge on any atom is 0.220 e. The molecule has 0 bridgehead atoms. The molecule has 0 radical (unpaired) electrons. The van der Waals surface area contributed by atoms with E-state index >= 15 is 0 Å². The number of Topliss-reactive ketones (excluding diaryl/α,β-unsaturated/α-hetero) is 1. The number of azide groups is 1. The molecule has 42 heavy (non-hydrogen) atoms. The third-order valence-electron chi connectivity index (χ3n) is 12.9. The number of amides is 1. The predicted molar refractivity (Wildman–Crippen MR) is 159 cm³/mol. The van der Waals surface area contributed by atoms with Crippen molar-refractivity contribution in [2.45, 2.75) is 135 Å². The van der Waals surface area contributed by atoms with Gasteiger partial charge in [-0.25, -0.2) is 0 Å². The van der Waals surface area contributed by atoms with Crippen LogP contribution in [-0.2, 0) is 9.59 Å². The lowest BCUT2D eigenvalue weighted by molar-refractivity contribution is -0.175. The Morgan fingerprint density at radius 2 is 1.79 bits per heavy atom.